The fraction of sp³-hybridized carbons (Fsp3) is 0.632. The third-order valence-corrected chi connectivity index (χ3v) is 5.79. The van der Waals surface area contributed by atoms with Crippen LogP contribution in [0.15, 0.2) is 12.1 Å². The van der Waals surface area contributed by atoms with Crippen LogP contribution in [0.5, 0.6) is 11.5 Å². The van der Waals surface area contributed by atoms with E-state index in [1.165, 1.54) is 0 Å². The SMILES string of the molecule is CCCOc1c(Cl)cc(CN2C[C@@H]3CCC[C@@]3(C(=O)O)C2)cc1OC. The first-order chi connectivity index (χ1) is 12.0. The van der Waals surface area contributed by atoms with Gasteiger partial charge in [-0.2, -0.15) is 0 Å². The maximum Gasteiger partial charge on any atom is 0.311 e. The fourth-order valence-electron chi connectivity index (χ4n) is 4.33. The number of rotatable bonds is 7. The van der Waals surface area contributed by atoms with Gasteiger partial charge in [-0.3, -0.25) is 9.69 Å². The van der Waals surface area contributed by atoms with Crippen molar-refractivity contribution in [3.8, 4) is 11.5 Å². The van der Waals surface area contributed by atoms with Crippen LogP contribution in [0.1, 0.15) is 38.2 Å². The van der Waals surface area contributed by atoms with Gasteiger partial charge in [0.15, 0.2) is 11.5 Å². The van der Waals surface area contributed by atoms with Crippen LogP contribution in [-0.2, 0) is 11.3 Å². The number of carboxylic acid groups (broad SMARTS) is 1. The monoisotopic (exact) mass is 367 g/mol. The molecule has 1 saturated heterocycles. The van der Waals surface area contributed by atoms with E-state index in [2.05, 4.69) is 4.90 Å². The minimum Gasteiger partial charge on any atom is -0.493 e. The first-order valence-electron chi connectivity index (χ1n) is 8.95. The van der Waals surface area contributed by atoms with Gasteiger partial charge in [0.1, 0.15) is 0 Å². The van der Waals surface area contributed by atoms with Crippen LogP contribution >= 0.6 is 11.6 Å². The summed E-state index contributed by atoms with van der Waals surface area (Å²) in [7, 11) is 1.61. The quantitative estimate of drug-likeness (QED) is 0.793. The molecule has 25 heavy (non-hydrogen) atoms. The third-order valence-electron chi connectivity index (χ3n) is 5.51. The molecule has 5 nitrogen and oxygen atoms in total. The van der Waals surface area contributed by atoms with E-state index in [0.717, 1.165) is 37.8 Å². The van der Waals surface area contributed by atoms with Crippen molar-refractivity contribution in [3.05, 3.63) is 22.7 Å². The summed E-state index contributed by atoms with van der Waals surface area (Å²) in [5, 5.41) is 10.3. The van der Waals surface area contributed by atoms with E-state index >= 15 is 0 Å². The van der Waals surface area contributed by atoms with E-state index in [0.29, 0.717) is 36.2 Å². The molecule has 0 bridgehead atoms. The number of likely N-dealkylation sites (tertiary alicyclic amines) is 1. The Morgan fingerprint density at radius 1 is 1.48 bits per heavy atom. The number of nitrogens with zero attached hydrogens (tertiary/aromatic N) is 1. The molecule has 1 aromatic rings. The van der Waals surface area contributed by atoms with Crippen LogP contribution in [0.2, 0.25) is 5.02 Å². The lowest BCUT2D eigenvalue weighted by atomic mass is 9.81. The number of ether oxygens (including phenoxy) is 2. The minimum atomic E-state index is -0.642. The van der Waals surface area contributed by atoms with Crippen LogP contribution < -0.4 is 9.47 Å². The zero-order valence-corrected chi connectivity index (χ0v) is 15.6. The summed E-state index contributed by atoms with van der Waals surface area (Å²) < 4.78 is 11.1. The first kappa shape index (κ1) is 18.3. The van der Waals surface area contributed by atoms with Gasteiger partial charge in [-0.05, 0) is 42.9 Å². The number of benzene rings is 1. The van der Waals surface area contributed by atoms with Crippen LogP contribution in [0.3, 0.4) is 0 Å². The van der Waals surface area contributed by atoms with E-state index in [9.17, 15) is 9.90 Å². The number of methoxy groups -OCH3 is 1. The molecule has 1 aliphatic heterocycles. The Bertz CT molecular complexity index is 651. The Hall–Kier alpha value is -1.46. The first-order valence-corrected chi connectivity index (χ1v) is 9.33. The average molecular weight is 368 g/mol. The zero-order chi connectivity index (χ0) is 18.0. The van der Waals surface area contributed by atoms with Crippen molar-refractivity contribution in [2.24, 2.45) is 11.3 Å². The van der Waals surface area contributed by atoms with Crippen molar-refractivity contribution < 1.29 is 19.4 Å². The lowest BCUT2D eigenvalue weighted by Gasteiger charge is -2.23. The number of halogens is 1. The molecule has 0 radical (unpaired) electrons. The van der Waals surface area contributed by atoms with Gasteiger partial charge in [-0.25, -0.2) is 0 Å². The molecule has 1 aliphatic carbocycles. The molecule has 2 atom stereocenters. The number of carbonyl (C=O) groups is 1. The van der Waals surface area contributed by atoms with E-state index in [4.69, 9.17) is 21.1 Å². The molecule has 0 unspecified atom stereocenters. The van der Waals surface area contributed by atoms with E-state index in [1.807, 2.05) is 19.1 Å². The Labute approximate surface area is 153 Å². The number of carboxylic acids is 1. The standard InChI is InChI=1S/C19H26ClNO4/c1-3-7-25-17-15(20)8-13(9-16(17)24-2)10-21-11-14-5-4-6-19(14,12-21)18(22)23/h8-9,14H,3-7,10-12H2,1-2H3,(H,22,23)/t14-,19+/m0/s1. The third kappa shape index (κ3) is 3.44. The average Bonchev–Trinajstić information content (AvgIpc) is 3.11. The van der Waals surface area contributed by atoms with Crippen LogP contribution in [0, 0.1) is 11.3 Å². The maximum atomic E-state index is 11.8. The van der Waals surface area contributed by atoms with Gasteiger partial charge in [-0.1, -0.05) is 24.9 Å². The molecule has 0 amide bonds. The summed E-state index contributed by atoms with van der Waals surface area (Å²) >= 11 is 6.39. The zero-order valence-electron chi connectivity index (χ0n) is 14.9. The van der Waals surface area contributed by atoms with Gasteiger partial charge in [0.05, 0.1) is 24.2 Å². The highest BCUT2D eigenvalue weighted by atomic mass is 35.5. The Balaban J connectivity index is 1.76. The Morgan fingerprint density at radius 3 is 2.92 bits per heavy atom. The Kier molecular flexibility index (Phi) is 5.44. The summed E-state index contributed by atoms with van der Waals surface area (Å²) in [6, 6.07) is 3.84. The molecule has 6 heteroatoms. The second kappa shape index (κ2) is 7.42. The largest absolute Gasteiger partial charge is 0.493 e. The smallest absolute Gasteiger partial charge is 0.311 e. The van der Waals surface area contributed by atoms with Gasteiger partial charge < -0.3 is 14.6 Å². The molecule has 2 aliphatic rings. The summed E-state index contributed by atoms with van der Waals surface area (Å²) in [6.07, 6.45) is 3.72. The normalized spacial score (nSPS) is 25.8. The molecule has 1 saturated carbocycles. The van der Waals surface area contributed by atoms with E-state index in [1.54, 1.807) is 7.11 Å². The predicted octanol–water partition coefficient (Wildman–Crippen LogP) is 3.82. The molecule has 0 aromatic heterocycles. The minimum absolute atomic E-state index is 0.259. The van der Waals surface area contributed by atoms with Crippen molar-refractivity contribution in [2.45, 2.75) is 39.2 Å². The van der Waals surface area contributed by atoms with Gasteiger partial charge in [-0.15, -0.1) is 0 Å². The Morgan fingerprint density at radius 2 is 2.28 bits per heavy atom. The van der Waals surface area contributed by atoms with Gasteiger partial charge in [0, 0.05) is 19.6 Å². The highest BCUT2D eigenvalue weighted by molar-refractivity contribution is 6.32. The lowest BCUT2D eigenvalue weighted by Crippen LogP contribution is -2.35. The second-order valence-corrected chi connectivity index (χ2v) is 7.58. The topological polar surface area (TPSA) is 59.0 Å². The van der Waals surface area contributed by atoms with Crippen molar-refractivity contribution >= 4 is 17.6 Å². The fourth-order valence-corrected chi connectivity index (χ4v) is 4.62. The van der Waals surface area contributed by atoms with Crippen LogP contribution in [-0.4, -0.2) is 42.8 Å². The number of fused-ring (bicyclic) bond motifs is 1. The molecule has 1 heterocycles. The van der Waals surface area contributed by atoms with Crippen molar-refractivity contribution in [2.75, 3.05) is 26.8 Å². The molecule has 138 valence electrons. The number of hydrogen-bond donors (Lipinski definition) is 1. The summed E-state index contributed by atoms with van der Waals surface area (Å²) in [5.74, 6) is 0.823. The second-order valence-electron chi connectivity index (χ2n) is 7.18. The molecular weight excluding hydrogens is 342 g/mol. The van der Waals surface area contributed by atoms with Crippen molar-refractivity contribution in [3.63, 3.8) is 0 Å². The molecular formula is C19H26ClNO4. The summed E-state index contributed by atoms with van der Waals surface area (Å²) in [6.45, 7) is 4.75. The maximum absolute atomic E-state index is 11.8. The predicted molar refractivity (Wildman–Crippen MR) is 96.5 cm³/mol. The highest BCUT2D eigenvalue weighted by Gasteiger charge is 2.54. The van der Waals surface area contributed by atoms with Gasteiger partial charge in [0.2, 0.25) is 0 Å². The number of hydrogen-bond acceptors (Lipinski definition) is 4. The van der Waals surface area contributed by atoms with Crippen LogP contribution in [0.4, 0.5) is 0 Å². The molecule has 1 aromatic carbocycles. The molecule has 1 N–H and O–H groups in total. The summed E-state index contributed by atoms with van der Waals surface area (Å²) in [4.78, 5) is 14.1. The number of aliphatic carboxylic acids is 1. The lowest BCUT2D eigenvalue weighted by molar-refractivity contribution is -0.149. The van der Waals surface area contributed by atoms with E-state index in [-0.39, 0.29) is 5.92 Å². The van der Waals surface area contributed by atoms with E-state index < -0.39 is 11.4 Å². The van der Waals surface area contributed by atoms with Gasteiger partial charge >= 0.3 is 5.97 Å². The van der Waals surface area contributed by atoms with Crippen molar-refractivity contribution in [1.82, 2.24) is 4.90 Å². The van der Waals surface area contributed by atoms with Crippen LogP contribution in [0.25, 0.3) is 0 Å². The molecule has 3 rings (SSSR count). The van der Waals surface area contributed by atoms with Crippen molar-refractivity contribution in [1.29, 1.82) is 0 Å². The summed E-state index contributed by atoms with van der Waals surface area (Å²) in [5.41, 5.74) is 0.462. The van der Waals surface area contributed by atoms with Gasteiger partial charge in [0.25, 0.3) is 0 Å². The molecule has 2 fully saturated rings. The molecule has 0 spiro atoms. The highest BCUT2D eigenvalue weighted by Crippen LogP contribution is 2.49.